The van der Waals surface area contributed by atoms with Gasteiger partial charge in [0.1, 0.15) is 11.9 Å². The number of nitrogens with zero attached hydrogens (tertiary/aromatic N) is 3. The van der Waals surface area contributed by atoms with Gasteiger partial charge in [0.2, 0.25) is 11.8 Å². The highest BCUT2D eigenvalue weighted by Crippen LogP contribution is 2.24. The first-order valence-electron chi connectivity index (χ1n) is 11.7. The number of piperazine rings is 1. The fourth-order valence-corrected chi connectivity index (χ4v) is 5.20. The summed E-state index contributed by atoms with van der Waals surface area (Å²) >= 11 is 0. The Kier molecular flexibility index (Phi) is 8.12. The monoisotopic (exact) mass is 477 g/mol. The fraction of sp³-hybridized carbons (Fsp3) is 0.609. The van der Waals surface area contributed by atoms with Crippen molar-refractivity contribution in [2.75, 3.05) is 32.7 Å². The van der Waals surface area contributed by atoms with E-state index in [1.165, 1.54) is 6.07 Å². The molecule has 0 aromatic heterocycles. The molecule has 3 atom stereocenters. The molecule has 2 heterocycles. The summed E-state index contributed by atoms with van der Waals surface area (Å²) in [6, 6.07) is 6.13. The van der Waals surface area contributed by atoms with Crippen LogP contribution in [0.5, 0.6) is 0 Å². The van der Waals surface area contributed by atoms with Gasteiger partial charge in [0.05, 0.1) is 11.4 Å². The van der Waals surface area contributed by atoms with Crippen LogP contribution in [0.25, 0.3) is 0 Å². The van der Waals surface area contributed by atoms with E-state index in [9.17, 15) is 18.0 Å². The lowest BCUT2D eigenvalue weighted by molar-refractivity contribution is -0.135. The van der Waals surface area contributed by atoms with Crippen molar-refractivity contribution < 1.29 is 18.0 Å². The summed E-state index contributed by atoms with van der Waals surface area (Å²) in [5, 5.41) is 2.97. The van der Waals surface area contributed by atoms with E-state index in [-0.39, 0.29) is 34.5 Å². The van der Waals surface area contributed by atoms with E-state index < -0.39 is 16.1 Å². The van der Waals surface area contributed by atoms with Crippen molar-refractivity contribution in [3.63, 3.8) is 0 Å². The van der Waals surface area contributed by atoms with Crippen molar-refractivity contribution in [3.05, 3.63) is 29.8 Å². The molecule has 1 aromatic rings. The minimum atomic E-state index is -3.66. The molecule has 9 nitrogen and oxygen atoms in total. The van der Waals surface area contributed by atoms with Gasteiger partial charge >= 0.3 is 0 Å². The smallest absolute Gasteiger partial charge is 0.263 e. The molecule has 10 heteroatoms. The van der Waals surface area contributed by atoms with Gasteiger partial charge in [-0.1, -0.05) is 39.3 Å². The lowest BCUT2D eigenvalue weighted by atomic mass is 9.97. The Morgan fingerprint density at radius 2 is 1.76 bits per heavy atom. The van der Waals surface area contributed by atoms with Gasteiger partial charge in [-0.15, -0.1) is 0 Å². The van der Waals surface area contributed by atoms with Crippen molar-refractivity contribution in [2.45, 2.75) is 57.5 Å². The van der Waals surface area contributed by atoms with Crippen LogP contribution in [0.2, 0.25) is 0 Å². The summed E-state index contributed by atoms with van der Waals surface area (Å²) in [4.78, 5) is 34.2. The molecular weight excluding hydrogens is 442 g/mol. The summed E-state index contributed by atoms with van der Waals surface area (Å²) in [6.07, 6.45) is 1.62. The Morgan fingerprint density at radius 1 is 1.09 bits per heavy atom. The SMILES string of the molecule is CCC(C)NC(=O)CN1CCN(C(=O)[C@@H](N=C2NS(=O)(=O)c3ccccc32)[C@@H](C)CC)CC1. The van der Waals surface area contributed by atoms with Crippen molar-refractivity contribution in [3.8, 4) is 0 Å². The zero-order valence-corrected chi connectivity index (χ0v) is 20.7. The highest BCUT2D eigenvalue weighted by molar-refractivity contribution is 7.90. The highest BCUT2D eigenvalue weighted by Gasteiger charge is 2.35. The van der Waals surface area contributed by atoms with Gasteiger partial charge < -0.3 is 10.2 Å². The summed E-state index contributed by atoms with van der Waals surface area (Å²) in [7, 11) is -3.66. The number of amides is 2. The van der Waals surface area contributed by atoms with Gasteiger partial charge in [0, 0.05) is 37.8 Å². The molecule has 0 bridgehead atoms. The number of carbonyl (C=O) groups excluding carboxylic acids is 2. The van der Waals surface area contributed by atoms with E-state index >= 15 is 0 Å². The first-order valence-corrected chi connectivity index (χ1v) is 13.1. The molecule has 2 N–H and O–H groups in total. The number of hydrogen-bond donors (Lipinski definition) is 2. The number of benzene rings is 1. The lowest BCUT2D eigenvalue weighted by Crippen LogP contribution is -2.54. The maximum Gasteiger partial charge on any atom is 0.263 e. The van der Waals surface area contributed by atoms with Gasteiger partial charge in [-0.25, -0.2) is 8.42 Å². The third kappa shape index (κ3) is 5.92. The second kappa shape index (κ2) is 10.6. The number of fused-ring (bicyclic) bond motifs is 1. The molecule has 3 rings (SSSR count). The Hall–Kier alpha value is -2.46. The van der Waals surface area contributed by atoms with Crippen LogP contribution in [0.4, 0.5) is 0 Å². The average Bonchev–Trinajstić information content (AvgIpc) is 3.06. The van der Waals surface area contributed by atoms with E-state index in [2.05, 4.69) is 15.0 Å². The number of sulfonamides is 1. The number of aliphatic imine (C=N–C) groups is 1. The third-order valence-corrected chi connectivity index (χ3v) is 7.83. The second-order valence-electron chi connectivity index (χ2n) is 8.89. The van der Waals surface area contributed by atoms with Crippen molar-refractivity contribution in [1.82, 2.24) is 19.8 Å². The Labute approximate surface area is 196 Å². The van der Waals surface area contributed by atoms with Crippen LogP contribution in [0.15, 0.2) is 34.2 Å². The zero-order valence-electron chi connectivity index (χ0n) is 19.9. The molecule has 1 unspecified atom stereocenters. The first kappa shape index (κ1) is 25.2. The normalized spacial score (nSPS) is 21.7. The van der Waals surface area contributed by atoms with Crippen LogP contribution in [0.1, 0.15) is 46.1 Å². The topological polar surface area (TPSA) is 111 Å². The number of carbonyl (C=O) groups is 2. The third-order valence-electron chi connectivity index (χ3n) is 6.44. The highest BCUT2D eigenvalue weighted by atomic mass is 32.2. The molecule has 182 valence electrons. The predicted octanol–water partition coefficient (Wildman–Crippen LogP) is 1.20. The molecule has 1 saturated heterocycles. The van der Waals surface area contributed by atoms with Gasteiger partial charge in [-0.05, 0) is 31.4 Å². The lowest BCUT2D eigenvalue weighted by Gasteiger charge is -2.36. The van der Waals surface area contributed by atoms with Crippen LogP contribution < -0.4 is 10.0 Å². The van der Waals surface area contributed by atoms with Gasteiger partial charge in [0.25, 0.3) is 10.0 Å². The minimum Gasteiger partial charge on any atom is -0.353 e. The van der Waals surface area contributed by atoms with E-state index in [1.54, 1.807) is 23.1 Å². The zero-order chi connectivity index (χ0) is 24.2. The molecule has 2 aliphatic rings. The minimum absolute atomic E-state index is 0.000177. The Balaban J connectivity index is 1.70. The van der Waals surface area contributed by atoms with Crippen LogP contribution >= 0.6 is 0 Å². The summed E-state index contributed by atoms with van der Waals surface area (Å²) in [6.45, 7) is 10.5. The standard InChI is InChI=1S/C23H35N5O4S/c1-5-16(3)21(25-22-18-9-7-8-10-19(18)33(31,32)26-22)23(30)28-13-11-27(12-14-28)15-20(29)24-17(4)6-2/h7-10,16-17,21H,5-6,11-15H2,1-4H3,(H,24,29)(H,25,26)/t16-,17?,21-/m0/s1. The number of hydrogen-bond acceptors (Lipinski definition) is 6. The van der Waals surface area contributed by atoms with E-state index in [0.29, 0.717) is 38.3 Å². The van der Waals surface area contributed by atoms with Crippen molar-refractivity contribution in [2.24, 2.45) is 10.9 Å². The van der Waals surface area contributed by atoms with Crippen LogP contribution in [-0.2, 0) is 19.6 Å². The molecule has 2 amide bonds. The average molecular weight is 478 g/mol. The molecule has 0 radical (unpaired) electrons. The number of amidine groups is 1. The van der Waals surface area contributed by atoms with Crippen molar-refractivity contribution in [1.29, 1.82) is 0 Å². The number of nitrogens with one attached hydrogen (secondary N) is 2. The predicted molar refractivity (Wildman–Crippen MR) is 127 cm³/mol. The molecule has 1 fully saturated rings. The van der Waals surface area contributed by atoms with Gasteiger partial charge in [0.15, 0.2) is 0 Å². The fourth-order valence-electron chi connectivity index (χ4n) is 3.96. The maximum atomic E-state index is 13.4. The van der Waals surface area contributed by atoms with Crippen LogP contribution in [-0.4, -0.2) is 80.7 Å². The Morgan fingerprint density at radius 3 is 2.39 bits per heavy atom. The van der Waals surface area contributed by atoms with Crippen molar-refractivity contribution >= 4 is 27.7 Å². The Bertz CT molecular complexity index is 1000. The summed E-state index contributed by atoms with van der Waals surface area (Å²) < 4.78 is 27.4. The van der Waals surface area contributed by atoms with E-state index in [0.717, 1.165) is 12.8 Å². The summed E-state index contributed by atoms with van der Waals surface area (Å²) in [5.41, 5.74) is 0.496. The molecule has 0 saturated carbocycles. The molecule has 2 aliphatic heterocycles. The summed E-state index contributed by atoms with van der Waals surface area (Å²) in [5.74, 6) is 0.0653. The van der Waals surface area contributed by atoms with Gasteiger partial charge in [-0.3, -0.25) is 24.2 Å². The molecular formula is C23H35N5O4S. The molecule has 33 heavy (non-hydrogen) atoms. The van der Waals surface area contributed by atoms with E-state index in [4.69, 9.17) is 0 Å². The quantitative estimate of drug-likeness (QED) is 0.584. The molecule has 0 aliphatic carbocycles. The number of rotatable bonds is 8. The molecule has 0 spiro atoms. The largest absolute Gasteiger partial charge is 0.353 e. The van der Waals surface area contributed by atoms with Crippen LogP contribution in [0, 0.1) is 5.92 Å². The van der Waals surface area contributed by atoms with E-state index in [1.807, 2.05) is 32.6 Å². The van der Waals surface area contributed by atoms with Gasteiger partial charge in [-0.2, -0.15) is 0 Å². The maximum absolute atomic E-state index is 13.4. The van der Waals surface area contributed by atoms with Crippen LogP contribution in [0.3, 0.4) is 0 Å². The first-order chi connectivity index (χ1) is 15.7. The molecule has 1 aromatic carbocycles. The second-order valence-corrected chi connectivity index (χ2v) is 10.5.